The number of hydrogen-bond acceptors (Lipinski definition) is 5. The molecule has 0 bridgehead atoms. The summed E-state index contributed by atoms with van der Waals surface area (Å²) in [6.45, 7) is 1.42. The van der Waals surface area contributed by atoms with Crippen molar-refractivity contribution in [1.82, 2.24) is 4.90 Å². The Hall–Kier alpha value is -3.08. The van der Waals surface area contributed by atoms with Gasteiger partial charge in [-0.3, -0.25) is 19.3 Å². The molecule has 6 nitrogen and oxygen atoms in total. The molecule has 0 unspecified atom stereocenters. The van der Waals surface area contributed by atoms with Crippen molar-refractivity contribution < 1.29 is 14.4 Å². The number of thioether (sulfide) groups is 1. The van der Waals surface area contributed by atoms with Crippen LogP contribution in [-0.4, -0.2) is 28.5 Å². The molecule has 0 spiro atoms. The second-order valence-electron chi connectivity index (χ2n) is 6.01. The summed E-state index contributed by atoms with van der Waals surface area (Å²) in [5.41, 5.74) is 2.52. The van der Waals surface area contributed by atoms with Crippen LogP contribution in [-0.2, 0) is 9.59 Å². The van der Waals surface area contributed by atoms with Crippen LogP contribution in [0.3, 0.4) is 0 Å². The average molecular weight is 412 g/mol. The van der Waals surface area contributed by atoms with Gasteiger partial charge in [-0.15, -0.1) is 0 Å². The smallest absolute Gasteiger partial charge is 0.294 e. The molecular weight excluding hydrogens is 398 g/mol. The summed E-state index contributed by atoms with van der Waals surface area (Å²) in [7, 11) is 0. The molecule has 1 heterocycles. The number of benzene rings is 2. The molecule has 1 saturated heterocycles. The van der Waals surface area contributed by atoms with Crippen LogP contribution in [0.2, 0.25) is 5.02 Å². The molecular formula is C20H14ClN3O3S. The topological polar surface area (TPSA) is 90.3 Å². The molecule has 1 N–H and O–H groups in total. The average Bonchev–Trinajstić information content (AvgIpc) is 2.92. The molecule has 1 aliphatic heterocycles. The lowest BCUT2D eigenvalue weighted by atomic mass is 10.1. The van der Waals surface area contributed by atoms with E-state index < -0.39 is 17.1 Å². The van der Waals surface area contributed by atoms with E-state index in [9.17, 15) is 14.4 Å². The number of rotatable bonds is 4. The van der Waals surface area contributed by atoms with E-state index in [0.717, 1.165) is 22.2 Å². The highest BCUT2D eigenvalue weighted by atomic mass is 35.5. The highest BCUT2D eigenvalue weighted by Crippen LogP contribution is 2.32. The minimum Gasteiger partial charge on any atom is -0.324 e. The number of aryl methyl sites for hydroxylation is 1. The van der Waals surface area contributed by atoms with Gasteiger partial charge in [-0.1, -0.05) is 29.8 Å². The van der Waals surface area contributed by atoms with Crippen molar-refractivity contribution in [3.63, 3.8) is 0 Å². The summed E-state index contributed by atoms with van der Waals surface area (Å²) in [6, 6.07) is 13.7. The molecule has 8 heteroatoms. The van der Waals surface area contributed by atoms with Crippen molar-refractivity contribution in [2.75, 3.05) is 11.9 Å². The van der Waals surface area contributed by atoms with Crippen LogP contribution >= 0.6 is 23.4 Å². The van der Waals surface area contributed by atoms with Crippen molar-refractivity contribution >= 4 is 52.2 Å². The summed E-state index contributed by atoms with van der Waals surface area (Å²) in [5.74, 6) is -1.02. The maximum atomic E-state index is 12.5. The molecule has 0 saturated carbocycles. The van der Waals surface area contributed by atoms with Gasteiger partial charge >= 0.3 is 0 Å². The van der Waals surface area contributed by atoms with Crippen LogP contribution in [0.5, 0.6) is 0 Å². The van der Waals surface area contributed by atoms with Gasteiger partial charge in [-0.05, 0) is 60.2 Å². The minimum absolute atomic E-state index is 0.224. The fraction of sp³-hybridized carbons (Fsp3) is 0.100. The van der Waals surface area contributed by atoms with Crippen molar-refractivity contribution in [2.24, 2.45) is 0 Å². The number of amides is 3. The fourth-order valence-electron chi connectivity index (χ4n) is 2.50. The van der Waals surface area contributed by atoms with E-state index in [4.69, 9.17) is 16.9 Å². The highest BCUT2D eigenvalue weighted by Gasteiger charge is 2.36. The Morgan fingerprint density at radius 1 is 1.25 bits per heavy atom. The predicted molar refractivity (Wildman–Crippen MR) is 109 cm³/mol. The third kappa shape index (κ3) is 4.42. The van der Waals surface area contributed by atoms with Gasteiger partial charge in [0.1, 0.15) is 6.54 Å². The van der Waals surface area contributed by atoms with Crippen LogP contribution in [0.1, 0.15) is 16.7 Å². The molecule has 3 rings (SSSR count). The van der Waals surface area contributed by atoms with Gasteiger partial charge < -0.3 is 5.32 Å². The van der Waals surface area contributed by atoms with E-state index in [1.54, 1.807) is 48.5 Å². The van der Waals surface area contributed by atoms with Gasteiger partial charge in [0.15, 0.2) is 0 Å². The fourth-order valence-corrected chi connectivity index (χ4v) is 3.51. The molecule has 140 valence electrons. The number of hydrogen-bond donors (Lipinski definition) is 1. The Labute approximate surface area is 170 Å². The third-order valence-electron chi connectivity index (χ3n) is 3.99. The molecule has 28 heavy (non-hydrogen) atoms. The number of nitriles is 1. The molecule has 1 aliphatic rings. The number of anilines is 1. The molecule has 2 aromatic rings. The lowest BCUT2D eigenvalue weighted by molar-refractivity contribution is -0.127. The zero-order valence-electron chi connectivity index (χ0n) is 14.7. The van der Waals surface area contributed by atoms with Gasteiger partial charge in [0.2, 0.25) is 5.91 Å². The van der Waals surface area contributed by atoms with Crippen LogP contribution < -0.4 is 5.32 Å². The van der Waals surface area contributed by atoms with E-state index in [1.807, 2.05) is 13.0 Å². The van der Waals surface area contributed by atoms with E-state index in [2.05, 4.69) is 5.32 Å². The standard InChI is InChI=1S/C20H14ClN3O3S/c1-12-2-7-15(21)9-16(12)23-18(25)11-24-19(26)17(28-20(24)27)8-13-3-5-14(10-22)6-4-13/h2-9H,11H2,1H3,(H,23,25)/b17-8+. The number of carbonyl (C=O) groups is 3. The van der Waals surface area contributed by atoms with E-state index >= 15 is 0 Å². The van der Waals surface area contributed by atoms with Gasteiger partial charge in [-0.25, -0.2) is 0 Å². The lowest BCUT2D eigenvalue weighted by Gasteiger charge is -2.13. The largest absolute Gasteiger partial charge is 0.324 e. The zero-order valence-corrected chi connectivity index (χ0v) is 16.3. The number of carbonyl (C=O) groups excluding carboxylic acids is 3. The maximum absolute atomic E-state index is 12.5. The van der Waals surface area contributed by atoms with Crippen molar-refractivity contribution in [2.45, 2.75) is 6.92 Å². The normalized spacial score (nSPS) is 15.0. The minimum atomic E-state index is -0.530. The third-order valence-corrected chi connectivity index (χ3v) is 5.13. The van der Waals surface area contributed by atoms with Gasteiger partial charge in [0.05, 0.1) is 16.5 Å². The molecule has 0 aliphatic carbocycles. The number of imide groups is 1. The first-order valence-corrected chi connectivity index (χ1v) is 9.38. The quantitative estimate of drug-likeness (QED) is 0.761. The molecule has 2 aromatic carbocycles. The SMILES string of the molecule is Cc1ccc(Cl)cc1NC(=O)CN1C(=O)S/C(=C/c2ccc(C#N)cc2)C1=O. The van der Waals surface area contributed by atoms with Gasteiger partial charge in [0.25, 0.3) is 11.1 Å². The summed E-state index contributed by atoms with van der Waals surface area (Å²) < 4.78 is 0. The molecule has 3 amide bonds. The Morgan fingerprint density at radius 3 is 2.64 bits per heavy atom. The van der Waals surface area contributed by atoms with Gasteiger partial charge in [0, 0.05) is 10.7 Å². The first kappa shape index (κ1) is 19.7. The molecule has 1 fully saturated rings. The zero-order chi connectivity index (χ0) is 20.3. The first-order valence-electron chi connectivity index (χ1n) is 8.19. The van der Waals surface area contributed by atoms with Crippen LogP contribution in [0, 0.1) is 18.3 Å². The van der Waals surface area contributed by atoms with Crippen molar-refractivity contribution in [1.29, 1.82) is 5.26 Å². The van der Waals surface area contributed by atoms with Crippen LogP contribution in [0.15, 0.2) is 47.4 Å². The summed E-state index contributed by atoms with van der Waals surface area (Å²) >= 11 is 6.71. The number of halogens is 1. The number of nitrogens with one attached hydrogen (secondary N) is 1. The molecule has 0 aromatic heterocycles. The Bertz CT molecular complexity index is 1040. The summed E-state index contributed by atoms with van der Waals surface area (Å²) in [4.78, 5) is 38.1. The van der Waals surface area contributed by atoms with Crippen molar-refractivity contribution in [3.8, 4) is 6.07 Å². The maximum Gasteiger partial charge on any atom is 0.294 e. The number of nitrogens with zero attached hydrogens (tertiary/aromatic N) is 2. The van der Waals surface area contributed by atoms with Crippen LogP contribution in [0.4, 0.5) is 10.5 Å². The van der Waals surface area contributed by atoms with Crippen molar-refractivity contribution in [3.05, 3.63) is 69.1 Å². The van der Waals surface area contributed by atoms with Crippen LogP contribution in [0.25, 0.3) is 6.08 Å². The summed E-state index contributed by atoms with van der Waals surface area (Å²) in [6.07, 6.45) is 1.56. The predicted octanol–water partition coefficient (Wildman–Crippen LogP) is 4.20. The van der Waals surface area contributed by atoms with E-state index in [0.29, 0.717) is 21.8 Å². The lowest BCUT2D eigenvalue weighted by Crippen LogP contribution is -2.36. The Morgan fingerprint density at radius 2 is 1.96 bits per heavy atom. The Balaban J connectivity index is 1.71. The second-order valence-corrected chi connectivity index (χ2v) is 7.44. The molecule has 0 atom stereocenters. The monoisotopic (exact) mass is 411 g/mol. The second kappa shape index (κ2) is 8.30. The molecule has 0 radical (unpaired) electrons. The highest BCUT2D eigenvalue weighted by molar-refractivity contribution is 8.18. The summed E-state index contributed by atoms with van der Waals surface area (Å²) in [5, 5.41) is 11.5. The van der Waals surface area contributed by atoms with Gasteiger partial charge in [-0.2, -0.15) is 5.26 Å². The Kier molecular flexibility index (Phi) is 5.83. The van der Waals surface area contributed by atoms with E-state index in [-0.39, 0.29) is 11.4 Å². The van der Waals surface area contributed by atoms with E-state index in [1.165, 1.54) is 0 Å². The first-order chi connectivity index (χ1) is 13.4.